The molecular formula is C15H10N2. The number of nitrogens with zero attached hydrogens (tertiary/aromatic N) is 1. The van der Waals surface area contributed by atoms with Crippen LogP contribution in [0.3, 0.4) is 0 Å². The fourth-order valence-electron chi connectivity index (χ4n) is 2.37. The summed E-state index contributed by atoms with van der Waals surface area (Å²) in [6.07, 6.45) is 3.81. The monoisotopic (exact) mass is 218 g/mol. The van der Waals surface area contributed by atoms with Crippen LogP contribution in [0.25, 0.3) is 32.6 Å². The van der Waals surface area contributed by atoms with Gasteiger partial charge in [-0.15, -0.1) is 0 Å². The minimum atomic E-state index is 1.05. The molecule has 0 unspecified atom stereocenters. The Morgan fingerprint density at radius 1 is 0.824 bits per heavy atom. The Kier molecular flexibility index (Phi) is 1.59. The lowest BCUT2D eigenvalue weighted by atomic mass is 10.1. The Morgan fingerprint density at radius 3 is 2.71 bits per heavy atom. The van der Waals surface area contributed by atoms with Gasteiger partial charge in [-0.1, -0.05) is 6.07 Å². The fraction of sp³-hybridized carbons (Fsp3) is 0. The molecule has 0 aliphatic heterocycles. The van der Waals surface area contributed by atoms with E-state index in [0.29, 0.717) is 0 Å². The predicted molar refractivity (Wildman–Crippen MR) is 71.1 cm³/mol. The van der Waals surface area contributed by atoms with Gasteiger partial charge in [0.2, 0.25) is 0 Å². The Labute approximate surface area is 97.9 Å². The van der Waals surface area contributed by atoms with Gasteiger partial charge in [-0.2, -0.15) is 0 Å². The third kappa shape index (κ3) is 1.24. The average molecular weight is 218 g/mol. The highest BCUT2D eigenvalue weighted by molar-refractivity contribution is 6.02. The molecular weight excluding hydrogens is 208 g/mol. The van der Waals surface area contributed by atoms with Crippen LogP contribution in [-0.2, 0) is 0 Å². The highest BCUT2D eigenvalue weighted by Crippen LogP contribution is 2.25. The van der Waals surface area contributed by atoms with Gasteiger partial charge in [0, 0.05) is 23.3 Å². The van der Waals surface area contributed by atoms with Crippen molar-refractivity contribution < 1.29 is 0 Å². The lowest BCUT2D eigenvalue weighted by Gasteiger charge is -2.02. The number of rotatable bonds is 0. The number of aromatic amines is 1. The molecule has 2 aromatic heterocycles. The second kappa shape index (κ2) is 3.08. The summed E-state index contributed by atoms with van der Waals surface area (Å²) in [6, 6.07) is 14.9. The molecule has 0 aliphatic carbocycles. The van der Waals surface area contributed by atoms with Crippen molar-refractivity contribution in [2.75, 3.05) is 0 Å². The van der Waals surface area contributed by atoms with Gasteiger partial charge in [-0.25, -0.2) is 0 Å². The SMILES string of the molecule is c1cnc2cc3cc4[nH]ccc4cc3cc2c1. The molecule has 0 amide bonds. The van der Waals surface area contributed by atoms with Crippen LogP contribution < -0.4 is 0 Å². The number of H-pyrrole nitrogens is 1. The Morgan fingerprint density at radius 2 is 1.71 bits per heavy atom. The van der Waals surface area contributed by atoms with Gasteiger partial charge < -0.3 is 4.98 Å². The molecule has 2 heteroatoms. The zero-order valence-electron chi connectivity index (χ0n) is 9.14. The number of nitrogens with one attached hydrogen (secondary N) is 1. The minimum Gasteiger partial charge on any atom is -0.361 e. The van der Waals surface area contributed by atoms with Crippen molar-refractivity contribution in [1.82, 2.24) is 9.97 Å². The van der Waals surface area contributed by atoms with Crippen molar-refractivity contribution in [1.29, 1.82) is 0 Å². The summed E-state index contributed by atoms with van der Waals surface area (Å²) in [5, 5.41) is 4.93. The molecule has 2 nitrogen and oxygen atoms in total. The van der Waals surface area contributed by atoms with Crippen LogP contribution in [-0.4, -0.2) is 9.97 Å². The number of fused-ring (bicyclic) bond motifs is 3. The van der Waals surface area contributed by atoms with Gasteiger partial charge in [0.1, 0.15) is 0 Å². The highest BCUT2D eigenvalue weighted by atomic mass is 14.7. The summed E-state index contributed by atoms with van der Waals surface area (Å²) in [5.74, 6) is 0. The normalized spacial score (nSPS) is 11.5. The van der Waals surface area contributed by atoms with Crippen molar-refractivity contribution in [2.45, 2.75) is 0 Å². The maximum atomic E-state index is 4.39. The minimum absolute atomic E-state index is 1.05. The van der Waals surface area contributed by atoms with Crippen molar-refractivity contribution in [3.63, 3.8) is 0 Å². The molecule has 0 aliphatic rings. The third-order valence-electron chi connectivity index (χ3n) is 3.23. The van der Waals surface area contributed by atoms with E-state index >= 15 is 0 Å². The topological polar surface area (TPSA) is 28.7 Å². The van der Waals surface area contributed by atoms with Gasteiger partial charge in [0.15, 0.2) is 0 Å². The lowest BCUT2D eigenvalue weighted by molar-refractivity contribution is 1.42. The van der Waals surface area contributed by atoms with Crippen molar-refractivity contribution in [2.24, 2.45) is 0 Å². The Bertz CT molecular complexity index is 774. The van der Waals surface area contributed by atoms with Crippen LogP contribution in [0.1, 0.15) is 0 Å². The van der Waals surface area contributed by atoms with Crippen molar-refractivity contribution in [3.8, 4) is 0 Å². The smallest absolute Gasteiger partial charge is 0.0708 e. The number of aromatic nitrogens is 2. The first-order valence-corrected chi connectivity index (χ1v) is 5.66. The van der Waals surface area contributed by atoms with Gasteiger partial charge in [-0.3, -0.25) is 4.98 Å². The number of benzene rings is 2. The molecule has 0 saturated heterocycles. The molecule has 4 rings (SSSR count). The zero-order valence-corrected chi connectivity index (χ0v) is 9.14. The molecule has 0 fully saturated rings. The maximum Gasteiger partial charge on any atom is 0.0708 e. The molecule has 0 atom stereocenters. The largest absolute Gasteiger partial charge is 0.361 e. The van der Waals surface area contributed by atoms with Crippen LogP contribution in [0.4, 0.5) is 0 Å². The van der Waals surface area contributed by atoms with E-state index in [2.05, 4.69) is 46.4 Å². The summed E-state index contributed by atoms with van der Waals surface area (Å²) in [7, 11) is 0. The van der Waals surface area contributed by atoms with Crippen molar-refractivity contribution in [3.05, 3.63) is 54.9 Å². The molecule has 0 bridgehead atoms. The van der Waals surface area contributed by atoms with E-state index in [-0.39, 0.29) is 0 Å². The van der Waals surface area contributed by atoms with E-state index < -0.39 is 0 Å². The van der Waals surface area contributed by atoms with E-state index in [0.717, 1.165) is 5.52 Å². The third-order valence-corrected chi connectivity index (χ3v) is 3.23. The molecule has 2 aromatic carbocycles. The van der Waals surface area contributed by atoms with Gasteiger partial charge in [0.05, 0.1) is 5.52 Å². The maximum absolute atomic E-state index is 4.39. The number of hydrogen-bond donors (Lipinski definition) is 1. The first-order valence-electron chi connectivity index (χ1n) is 5.66. The molecule has 0 saturated carbocycles. The molecule has 2 heterocycles. The van der Waals surface area contributed by atoms with Gasteiger partial charge in [-0.05, 0) is 52.6 Å². The van der Waals surface area contributed by atoms with E-state index in [1.54, 1.807) is 0 Å². The highest BCUT2D eigenvalue weighted by Gasteiger charge is 2.01. The first-order chi connectivity index (χ1) is 8.40. The van der Waals surface area contributed by atoms with Gasteiger partial charge in [0.25, 0.3) is 0 Å². The Hall–Kier alpha value is -2.35. The molecule has 0 radical (unpaired) electrons. The van der Waals surface area contributed by atoms with Crippen LogP contribution in [0, 0.1) is 0 Å². The van der Waals surface area contributed by atoms with E-state index in [9.17, 15) is 0 Å². The summed E-state index contributed by atoms with van der Waals surface area (Å²) in [4.78, 5) is 7.63. The number of hydrogen-bond acceptors (Lipinski definition) is 1. The fourth-order valence-corrected chi connectivity index (χ4v) is 2.37. The summed E-state index contributed by atoms with van der Waals surface area (Å²) in [5.41, 5.74) is 2.22. The second-order valence-electron chi connectivity index (χ2n) is 4.31. The van der Waals surface area contributed by atoms with E-state index in [1.807, 2.05) is 18.5 Å². The predicted octanol–water partition coefficient (Wildman–Crippen LogP) is 3.87. The molecule has 4 aromatic rings. The molecule has 17 heavy (non-hydrogen) atoms. The molecule has 80 valence electrons. The van der Waals surface area contributed by atoms with Gasteiger partial charge >= 0.3 is 0 Å². The van der Waals surface area contributed by atoms with Crippen LogP contribution in [0.15, 0.2) is 54.9 Å². The average Bonchev–Trinajstić information content (AvgIpc) is 2.80. The van der Waals surface area contributed by atoms with E-state index in [1.165, 1.54) is 27.1 Å². The number of pyridine rings is 1. The first kappa shape index (κ1) is 8.76. The lowest BCUT2D eigenvalue weighted by Crippen LogP contribution is -1.79. The quantitative estimate of drug-likeness (QED) is 0.446. The van der Waals surface area contributed by atoms with Crippen LogP contribution in [0.2, 0.25) is 0 Å². The summed E-state index contributed by atoms with van der Waals surface area (Å²) in [6.45, 7) is 0. The summed E-state index contributed by atoms with van der Waals surface area (Å²) >= 11 is 0. The Balaban J connectivity index is 2.23. The second-order valence-corrected chi connectivity index (χ2v) is 4.31. The zero-order chi connectivity index (χ0) is 11.2. The summed E-state index contributed by atoms with van der Waals surface area (Å²) < 4.78 is 0. The van der Waals surface area contributed by atoms with Crippen molar-refractivity contribution >= 4 is 32.6 Å². The van der Waals surface area contributed by atoms with Crippen LogP contribution >= 0.6 is 0 Å². The molecule has 1 N–H and O–H groups in total. The van der Waals surface area contributed by atoms with E-state index in [4.69, 9.17) is 0 Å². The molecule has 0 spiro atoms. The standard InChI is InChI=1S/C15H10N2/c1-2-10-6-12-7-11-3-5-17-15(11)9-13(12)8-14(10)16-4-1/h1-9,17H. The van der Waals surface area contributed by atoms with Crippen LogP contribution in [0.5, 0.6) is 0 Å².